The molecule has 0 bridgehead atoms. The van der Waals surface area contributed by atoms with E-state index in [0.29, 0.717) is 18.9 Å². The van der Waals surface area contributed by atoms with E-state index in [4.69, 9.17) is 8.92 Å². The number of ether oxygens (including phenoxy) is 1. The molecule has 3 rings (SSSR count). The van der Waals surface area contributed by atoms with Crippen LogP contribution >= 0.6 is 0 Å². The summed E-state index contributed by atoms with van der Waals surface area (Å²) in [6, 6.07) is 5.82. The Morgan fingerprint density at radius 1 is 1.35 bits per heavy atom. The average Bonchev–Trinajstić information content (AvgIpc) is 2.90. The molecule has 0 amide bonds. The molecule has 1 aliphatic rings. The van der Waals surface area contributed by atoms with Gasteiger partial charge in [0.25, 0.3) is 10.1 Å². The Morgan fingerprint density at radius 3 is 2.88 bits per heavy atom. The van der Waals surface area contributed by atoms with Crippen molar-refractivity contribution in [2.75, 3.05) is 52.0 Å². The largest absolute Gasteiger partial charge is 0.493 e. The van der Waals surface area contributed by atoms with Crippen LogP contribution in [0.15, 0.2) is 18.2 Å². The van der Waals surface area contributed by atoms with Crippen LogP contribution in [0.5, 0.6) is 5.75 Å². The maximum absolute atomic E-state index is 10.9. The van der Waals surface area contributed by atoms with Gasteiger partial charge < -0.3 is 19.5 Å². The highest BCUT2D eigenvalue weighted by atomic mass is 32.2. The van der Waals surface area contributed by atoms with Gasteiger partial charge in [-0.3, -0.25) is 4.18 Å². The highest BCUT2D eigenvalue weighted by molar-refractivity contribution is 7.85. The Labute approximate surface area is 154 Å². The lowest BCUT2D eigenvalue weighted by atomic mass is 10.1. The Kier molecular flexibility index (Phi) is 5.69. The van der Waals surface area contributed by atoms with Gasteiger partial charge in [-0.25, -0.2) is 4.98 Å². The molecule has 1 unspecified atom stereocenters. The number of nitrogens with zero attached hydrogens (tertiary/aromatic N) is 3. The molecular formula is C17H26N4O4S. The van der Waals surface area contributed by atoms with Crippen molar-refractivity contribution in [1.29, 1.82) is 0 Å². The van der Waals surface area contributed by atoms with Gasteiger partial charge in [0.15, 0.2) is 0 Å². The summed E-state index contributed by atoms with van der Waals surface area (Å²) >= 11 is 0. The number of imidazole rings is 1. The van der Waals surface area contributed by atoms with E-state index in [1.165, 1.54) is 0 Å². The van der Waals surface area contributed by atoms with Gasteiger partial charge in [0.1, 0.15) is 5.75 Å². The van der Waals surface area contributed by atoms with Gasteiger partial charge in [0.05, 0.1) is 30.5 Å². The smallest absolute Gasteiger partial charge is 0.264 e. The molecule has 9 heteroatoms. The second-order valence-electron chi connectivity index (χ2n) is 6.93. The van der Waals surface area contributed by atoms with Crippen LogP contribution in [0.3, 0.4) is 0 Å². The minimum atomic E-state index is -3.39. The first-order valence-corrected chi connectivity index (χ1v) is 10.5. The normalized spacial score (nSPS) is 17.3. The van der Waals surface area contributed by atoms with E-state index in [0.717, 1.165) is 48.6 Å². The van der Waals surface area contributed by atoms with E-state index >= 15 is 0 Å². The zero-order chi connectivity index (χ0) is 18.7. The molecule has 144 valence electrons. The van der Waals surface area contributed by atoms with Crippen LogP contribution < -0.4 is 10.1 Å². The second-order valence-corrected chi connectivity index (χ2v) is 8.58. The number of aromatic nitrogens is 2. The van der Waals surface area contributed by atoms with Crippen molar-refractivity contribution in [3.05, 3.63) is 18.2 Å². The van der Waals surface area contributed by atoms with Crippen LogP contribution in [0, 0.1) is 5.92 Å². The van der Waals surface area contributed by atoms with Crippen molar-refractivity contribution in [2.24, 2.45) is 5.92 Å². The molecule has 8 nitrogen and oxygen atoms in total. The first-order valence-electron chi connectivity index (χ1n) is 8.68. The predicted molar refractivity (Wildman–Crippen MR) is 101 cm³/mol. The summed E-state index contributed by atoms with van der Waals surface area (Å²) in [7, 11) is 0.776. The third kappa shape index (κ3) is 4.87. The number of benzene rings is 1. The molecule has 26 heavy (non-hydrogen) atoms. The molecule has 0 aliphatic carbocycles. The van der Waals surface area contributed by atoms with Crippen molar-refractivity contribution in [3.8, 4) is 5.75 Å². The first kappa shape index (κ1) is 18.9. The molecule has 2 aromatic rings. The topological polar surface area (TPSA) is 85.7 Å². The van der Waals surface area contributed by atoms with E-state index in [9.17, 15) is 8.42 Å². The SMILES string of the molecule is CN(C)CC1CNc2nc3ccc(OCCCOS(C)(=O)=O)cc3n2C1. The Morgan fingerprint density at radius 2 is 2.15 bits per heavy atom. The summed E-state index contributed by atoms with van der Waals surface area (Å²) in [5, 5.41) is 3.41. The summed E-state index contributed by atoms with van der Waals surface area (Å²) in [5.74, 6) is 2.16. The summed E-state index contributed by atoms with van der Waals surface area (Å²) in [6.07, 6.45) is 1.55. The molecule has 1 N–H and O–H groups in total. The van der Waals surface area contributed by atoms with E-state index in [2.05, 4.69) is 33.9 Å². The molecule has 2 heterocycles. The van der Waals surface area contributed by atoms with Gasteiger partial charge >= 0.3 is 0 Å². The number of hydrogen-bond acceptors (Lipinski definition) is 7. The molecule has 0 fully saturated rings. The van der Waals surface area contributed by atoms with Gasteiger partial charge in [-0.05, 0) is 26.2 Å². The standard InChI is InChI=1S/C17H26N4O4S/c1-20(2)11-13-10-18-17-19-15-6-5-14(9-16(15)21(17)12-13)24-7-4-8-25-26(3,22)23/h5-6,9,13H,4,7-8,10-12H2,1-3H3,(H,18,19). The summed E-state index contributed by atoms with van der Waals surface area (Å²) in [6.45, 7) is 3.37. The van der Waals surface area contributed by atoms with Crippen LogP contribution in [-0.2, 0) is 20.8 Å². The summed E-state index contributed by atoms with van der Waals surface area (Å²) in [5.41, 5.74) is 1.98. The molecule has 0 spiro atoms. The minimum absolute atomic E-state index is 0.124. The van der Waals surface area contributed by atoms with Gasteiger partial charge in [-0.2, -0.15) is 8.42 Å². The van der Waals surface area contributed by atoms with Gasteiger partial charge in [0.2, 0.25) is 5.95 Å². The fourth-order valence-electron chi connectivity index (χ4n) is 3.17. The van der Waals surface area contributed by atoms with E-state index in [1.54, 1.807) is 0 Å². The second kappa shape index (κ2) is 7.81. The maximum atomic E-state index is 10.9. The van der Waals surface area contributed by atoms with Crippen molar-refractivity contribution >= 4 is 27.1 Å². The monoisotopic (exact) mass is 382 g/mol. The van der Waals surface area contributed by atoms with Gasteiger partial charge in [-0.1, -0.05) is 0 Å². The fourth-order valence-corrected chi connectivity index (χ4v) is 3.59. The fraction of sp³-hybridized carbons (Fsp3) is 0.588. The third-order valence-electron chi connectivity index (χ3n) is 4.19. The number of fused-ring (bicyclic) bond motifs is 3. The maximum Gasteiger partial charge on any atom is 0.264 e. The highest BCUT2D eigenvalue weighted by Gasteiger charge is 2.22. The summed E-state index contributed by atoms with van der Waals surface area (Å²) < 4.78 is 34.5. The lowest BCUT2D eigenvalue weighted by molar-refractivity contribution is 0.252. The van der Waals surface area contributed by atoms with Crippen molar-refractivity contribution in [1.82, 2.24) is 14.5 Å². The highest BCUT2D eigenvalue weighted by Crippen LogP contribution is 2.28. The molecule has 1 aromatic heterocycles. The first-order chi connectivity index (χ1) is 12.3. The zero-order valence-corrected chi connectivity index (χ0v) is 16.3. The lowest BCUT2D eigenvalue weighted by Gasteiger charge is -2.27. The van der Waals surface area contributed by atoms with Gasteiger partial charge in [0, 0.05) is 38.0 Å². The zero-order valence-electron chi connectivity index (χ0n) is 15.4. The number of anilines is 1. The van der Waals surface area contributed by atoms with Crippen LogP contribution in [0.1, 0.15) is 6.42 Å². The minimum Gasteiger partial charge on any atom is -0.493 e. The average molecular weight is 382 g/mol. The Bertz CT molecular complexity index is 863. The lowest BCUT2D eigenvalue weighted by Crippen LogP contribution is -2.34. The van der Waals surface area contributed by atoms with E-state index in [-0.39, 0.29) is 6.61 Å². The van der Waals surface area contributed by atoms with Crippen LogP contribution in [-0.4, -0.2) is 69.5 Å². The Balaban J connectivity index is 1.65. The molecule has 1 aliphatic heterocycles. The third-order valence-corrected chi connectivity index (χ3v) is 4.78. The van der Waals surface area contributed by atoms with Crippen molar-refractivity contribution in [2.45, 2.75) is 13.0 Å². The van der Waals surface area contributed by atoms with Crippen LogP contribution in [0.4, 0.5) is 5.95 Å². The van der Waals surface area contributed by atoms with Crippen LogP contribution in [0.2, 0.25) is 0 Å². The number of rotatable bonds is 8. The predicted octanol–water partition coefficient (Wildman–Crippen LogP) is 1.38. The van der Waals surface area contributed by atoms with E-state index < -0.39 is 10.1 Å². The molecule has 1 atom stereocenters. The molecule has 0 saturated carbocycles. The molecule has 0 radical (unpaired) electrons. The number of hydrogen-bond donors (Lipinski definition) is 1. The molecular weight excluding hydrogens is 356 g/mol. The van der Waals surface area contributed by atoms with E-state index in [1.807, 2.05) is 18.2 Å². The van der Waals surface area contributed by atoms with Crippen molar-refractivity contribution in [3.63, 3.8) is 0 Å². The van der Waals surface area contributed by atoms with Crippen molar-refractivity contribution < 1.29 is 17.3 Å². The Hall–Kier alpha value is -1.84. The molecule has 0 saturated heterocycles. The molecule has 1 aromatic carbocycles. The quantitative estimate of drug-likeness (QED) is 0.545. The summed E-state index contributed by atoms with van der Waals surface area (Å²) in [4.78, 5) is 6.84. The van der Waals surface area contributed by atoms with Crippen LogP contribution in [0.25, 0.3) is 11.0 Å². The number of nitrogens with one attached hydrogen (secondary N) is 1. The van der Waals surface area contributed by atoms with Gasteiger partial charge in [-0.15, -0.1) is 0 Å².